The maximum Gasteiger partial charge on any atom is 0.249 e. The van der Waals surface area contributed by atoms with Crippen LogP contribution in [0.25, 0.3) is 4.85 Å². The minimum absolute atomic E-state index is 0.174. The molecule has 2 aromatic rings. The van der Waals surface area contributed by atoms with Crippen molar-refractivity contribution < 1.29 is 4.74 Å². The fraction of sp³-hybridized carbons (Fsp3) is 0.316. The van der Waals surface area contributed by atoms with Gasteiger partial charge in [0.25, 0.3) is 0 Å². The van der Waals surface area contributed by atoms with E-state index >= 15 is 0 Å². The van der Waals surface area contributed by atoms with Crippen LogP contribution in [0.15, 0.2) is 48.5 Å². The predicted molar refractivity (Wildman–Crippen MR) is 86.2 cm³/mol. The summed E-state index contributed by atoms with van der Waals surface area (Å²) in [5, 5.41) is 0. The van der Waals surface area contributed by atoms with Gasteiger partial charge in [0.05, 0.1) is 5.56 Å². The number of benzene rings is 2. The molecule has 0 aliphatic carbocycles. The van der Waals surface area contributed by atoms with Gasteiger partial charge >= 0.3 is 0 Å². The molecular weight excluding hydrogens is 258 g/mol. The SMILES string of the molecule is [C-]#[N+]C(C)c1cc(CCC)ccc1OCc1ccccc1. The van der Waals surface area contributed by atoms with E-state index in [1.807, 2.05) is 43.3 Å². The topological polar surface area (TPSA) is 13.6 Å². The highest BCUT2D eigenvalue weighted by atomic mass is 16.5. The summed E-state index contributed by atoms with van der Waals surface area (Å²) in [6, 6.07) is 16.1. The molecule has 0 amide bonds. The van der Waals surface area contributed by atoms with Crippen LogP contribution >= 0.6 is 0 Å². The van der Waals surface area contributed by atoms with E-state index in [1.54, 1.807) is 0 Å². The fourth-order valence-electron chi connectivity index (χ4n) is 2.30. The minimum Gasteiger partial charge on any atom is -0.488 e. The number of nitrogens with zero attached hydrogens (tertiary/aromatic N) is 1. The van der Waals surface area contributed by atoms with E-state index in [1.165, 1.54) is 5.56 Å². The Kier molecular flexibility index (Phi) is 5.40. The van der Waals surface area contributed by atoms with E-state index in [0.29, 0.717) is 6.61 Å². The third-order valence-corrected chi connectivity index (χ3v) is 3.49. The molecule has 0 saturated heterocycles. The lowest BCUT2D eigenvalue weighted by Gasteiger charge is -2.13. The molecule has 0 aromatic heterocycles. The van der Waals surface area contributed by atoms with Crippen LogP contribution in [0.1, 0.15) is 43.0 Å². The van der Waals surface area contributed by atoms with Gasteiger partial charge in [-0.25, -0.2) is 6.57 Å². The van der Waals surface area contributed by atoms with Crippen molar-refractivity contribution in [2.75, 3.05) is 0 Å². The second kappa shape index (κ2) is 7.50. The number of rotatable bonds is 6. The molecule has 1 unspecified atom stereocenters. The van der Waals surface area contributed by atoms with Gasteiger partial charge in [-0.2, -0.15) is 0 Å². The summed E-state index contributed by atoms with van der Waals surface area (Å²) in [5.41, 5.74) is 3.40. The van der Waals surface area contributed by atoms with Crippen molar-refractivity contribution >= 4 is 0 Å². The zero-order valence-corrected chi connectivity index (χ0v) is 12.7. The van der Waals surface area contributed by atoms with Crippen LogP contribution in [0.4, 0.5) is 0 Å². The van der Waals surface area contributed by atoms with Crippen molar-refractivity contribution in [3.05, 3.63) is 76.6 Å². The largest absolute Gasteiger partial charge is 0.488 e. The van der Waals surface area contributed by atoms with Gasteiger partial charge in [-0.05, 0) is 29.7 Å². The third-order valence-electron chi connectivity index (χ3n) is 3.49. The Labute approximate surface area is 127 Å². The molecule has 21 heavy (non-hydrogen) atoms. The highest BCUT2D eigenvalue weighted by molar-refractivity contribution is 5.40. The molecule has 0 N–H and O–H groups in total. The Balaban J connectivity index is 2.19. The Morgan fingerprint density at radius 1 is 1.10 bits per heavy atom. The first-order valence-electron chi connectivity index (χ1n) is 7.40. The normalized spacial score (nSPS) is 11.7. The summed E-state index contributed by atoms with van der Waals surface area (Å²) < 4.78 is 5.94. The first-order valence-corrected chi connectivity index (χ1v) is 7.40. The van der Waals surface area contributed by atoms with Crippen LogP contribution in [-0.2, 0) is 13.0 Å². The molecule has 1 atom stereocenters. The lowest BCUT2D eigenvalue weighted by Crippen LogP contribution is -2.01. The summed E-state index contributed by atoms with van der Waals surface area (Å²) in [5.74, 6) is 0.821. The van der Waals surface area contributed by atoms with Gasteiger partial charge in [0.1, 0.15) is 12.4 Å². The molecule has 0 bridgehead atoms. The molecule has 2 heteroatoms. The van der Waals surface area contributed by atoms with Gasteiger partial charge in [0.15, 0.2) is 0 Å². The van der Waals surface area contributed by atoms with E-state index in [9.17, 15) is 0 Å². The lowest BCUT2D eigenvalue weighted by atomic mass is 10.0. The quantitative estimate of drug-likeness (QED) is 0.663. The van der Waals surface area contributed by atoms with E-state index in [-0.39, 0.29) is 6.04 Å². The molecule has 0 aliphatic rings. The monoisotopic (exact) mass is 279 g/mol. The molecule has 0 saturated carbocycles. The molecule has 0 spiro atoms. The maximum absolute atomic E-state index is 7.28. The van der Waals surface area contributed by atoms with Gasteiger partial charge in [-0.15, -0.1) is 0 Å². The molecular formula is C19H21NO. The Morgan fingerprint density at radius 2 is 1.86 bits per heavy atom. The van der Waals surface area contributed by atoms with Crippen LogP contribution in [-0.4, -0.2) is 0 Å². The van der Waals surface area contributed by atoms with Crippen molar-refractivity contribution in [2.45, 2.75) is 39.3 Å². The Hall–Kier alpha value is -2.27. The van der Waals surface area contributed by atoms with Gasteiger partial charge in [-0.3, -0.25) is 0 Å². The molecule has 108 valence electrons. The summed E-state index contributed by atoms with van der Waals surface area (Å²) in [6.07, 6.45) is 2.15. The third kappa shape index (κ3) is 4.10. The van der Waals surface area contributed by atoms with E-state index in [2.05, 4.69) is 23.9 Å². The first-order chi connectivity index (χ1) is 10.2. The fourth-order valence-corrected chi connectivity index (χ4v) is 2.30. The van der Waals surface area contributed by atoms with Crippen molar-refractivity contribution in [3.63, 3.8) is 0 Å². The zero-order valence-electron chi connectivity index (χ0n) is 12.7. The lowest BCUT2D eigenvalue weighted by molar-refractivity contribution is 0.302. The summed E-state index contributed by atoms with van der Waals surface area (Å²) in [4.78, 5) is 3.65. The van der Waals surface area contributed by atoms with Gasteiger partial charge in [0.2, 0.25) is 6.04 Å². The minimum atomic E-state index is -0.174. The number of hydrogen-bond acceptors (Lipinski definition) is 1. The van der Waals surface area contributed by atoms with E-state index in [0.717, 1.165) is 29.7 Å². The van der Waals surface area contributed by atoms with Crippen LogP contribution in [0.3, 0.4) is 0 Å². The Bertz CT molecular complexity index is 613. The Morgan fingerprint density at radius 3 is 2.52 bits per heavy atom. The average molecular weight is 279 g/mol. The van der Waals surface area contributed by atoms with Crippen molar-refractivity contribution in [2.24, 2.45) is 0 Å². The highest BCUT2D eigenvalue weighted by Crippen LogP contribution is 2.29. The zero-order chi connectivity index (χ0) is 15.1. The predicted octanol–water partition coefficient (Wildman–Crippen LogP) is 5.20. The molecule has 2 rings (SSSR count). The smallest absolute Gasteiger partial charge is 0.249 e. The van der Waals surface area contributed by atoms with E-state index in [4.69, 9.17) is 11.3 Å². The molecule has 2 aromatic carbocycles. The number of aryl methyl sites for hydroxylation is 1. The summed E-state index contributed by atoms with van der Waals surface area (Å²) >= 11 is 0. The van der Waals surface area contributed by atoms with Crippen LogP contribution in [0, 0.1) is 6.57 Å². The standard InChI is InChI=1S/C19H21NO/c1-4-8-16-11-12-19(18(13-16)15(2)20-3)21-14-17-9-6-5-7-10-17/h5-7,9-13,15H,4,8,14H2,1-2H3. The summed E-state index contributed by atoms with van der Waals surface area (Å²) in [6.45, 7) is 11.9. The average Bonchev–Trinajstić information content (AvgIpc) is 2.54. The molecule has 2 nitrogen and oxygen atoms in total. The number of ether oxygens (including phenoxy) is 1. The van der Waals surface area contributed by atoms with Crippen molar-refractivity contribution in [1.82, 2.24) is 0 Å². The molecule has 0 fully saturated rings. The summed E-state index contributed by atoms with van der Waals surface area (Å²) in [7, 11) is 0. The van der Waals surface area contributed by atoms with Crippen LogP contribution in [0.5, 0.6) is 5.75 Å². The second-order valence-electron chi connectivity index (χ2n) is 5.20. The number of hydrogen-bond donors (Lipinski definition) is 0. The maximum atomic E-state index is 7.28. The second-order valence-corrected chi connectivity index (χ2v) is 5.20. The van der Waals surface area contributed by atoms with Crippen LogP contribution in [0.2, 0.25) is 0 Å². The van der Waals surface area contributed by atoms with Gasteiger partial charge < -0.3 is 9.58 Å². The van der Waals surface area contributed by atoms with Crippen LogP contribution < -0.4 is 4.74 Å². The molecule has 0 heterocycles. The van der Waals surface area contributed by atoms with Gasteiger partial charge in [-0.1, -0.05) is 49.7 Å². The first kappa shape index (κ1) is 15.1. The molecule has 0 aliphatic heterocycles. The highest BCUT2D eigenvalue weighted by Gasteiger charge is 2.16. The van der Waals surface area contributed by atoms with Crippen molar-refractivity contribution in [1.29, 1.82) is 0 Å². The van der Waals surface area contributed by atoms with E-state index < -0.39 is 0 Å². The van der Waals surface area contributed by atoms with Crippen molar-refractivity contribution in [3.8, 4) is 5.75 Å². The van der Waals surface area contributed by atoms with Gasteiger partial charge in [0, 0.05) is 6.92 Å². The molecule has 0 radical (unpaired) electrons.